The maximum Gasteiger partial charge on any atom is 0.132 e. The molecule has 0 spiro atoms. The molecule has 104 valence electrons. The van der Waals surface area contributed by atoms with E-state index in [0.29, 0.717) is 10.7 Å². The SMILES string of the molecule is Fc1ccc(F)c(C=NNc2c(Cl)cc(Cl)cc2Cl)c1. The fourth-order valence-electron chi connectivity index (χ4n) is 1.43. The van der Waals surface area contributed by atoms with Gasteiger partial charge in [0.05, 0.1) is 21.9 Å². The topological polar surface area (TPSA) is 24.4 Å². The third-order valence-electron chi connectivity index (χ3n) is 2.34. The molecule has 0 radical (unpaired) electrons. The van der Waals surface area contributed by atoms with E-state index in [1.165, 1.54) is 12.1 Å². The van der Waals surface area contributed by atoms with Gasteiger partial charge in [0.25, 0.3) is 0 Å². The van der Waals surface area contributed by atoms with Crippen molar-refractivity contribution in [2.45, 2.75) is 0 Å². The maximum atomic E-state index is 13.4. The van der Waals surface area contributed by atoms with Crippen LogP contribution in [0.1, 0.15) is 5.56 Å². The molecule has 0 unspecified atom stereocenters. The van der Waals surface area contributed by atoms with Gasteiger partial charge in [-0.25, -0.2) is 8.78 Å². The maximum absolute atomic E-state index is 13.4. The summed E-state index contributed by atoms with van der Waals surface area (Å²) < 4.78 is 26.3. The van der Waals surface area contributed by atoms with Crippen molar-refractivity contribution in [1.29, 1.82) is 0 Å². The van der Waals surface area contributed by atoms with Crippen LogP contribution in [0.2, 0.25) is 15.1 Å². The van der Waals surface area contributed by atoms with Gasteiger partial charge in [-0.3, -0.25) is 5.43 Å². The van der Waals surface area contributed by atoms with E-state index in [1.807, 2.05) is 0 Å². The lowest BCUT2D eigenvalue weighted by Crippen LogP contribution is -1.95. The van der Waals surface area contributed by atoms with E-state index in [4.69, 9.17) is 34.8 Å². The average molecular weight is 336 g/mol. The Morgan fingerprint density at radius 3 is 2.30 bits per heavy atom. The summed E-state index contributed by atoms with van der Waals surface area (Å²) in [5, 5.41) is 4.68. The quantitative estimate of drug-likeness (QED) is 0.592. The predicted octanol–water partition coefficient (Wildman–Crippen LogP) is 5.37. The molecule has 0 saturated heterocycles. The van der Waals surface area contributed by atoms with Gasteiger partial charge in [0.2, 0.25) is 0 Å². The largest absolute Gasteiger partial charge is 0.275 e. The molecule has 2 nitrogen and oxygen atoms in total. The fourth-order valence-corrected chi connectivity index (χ4v) is 2.33. The van der Waals surface area contributed by atoms with Crippen molar-refractivity contribution >= 4 is 46.7 Å². The van der Waals surface area contributed by atoms with Crippen LogP contribution in [0, 0.1) is 11.6 Å². The van der Waals surface area contributed by atoms with Crippen LogP contribution >= 0.6 is 34.8 Å². The first kappa shape index (κ1) is 15.0. The highest BCUT2D eigenvalue weighted by Crippen LogP contribution is 2.33. The first-order valence-corrected chi connectivity index (χ1v) is 6.49. The molecule has 0 fully saturated rings. The minimum Gasteiger partial charge on any atom is -0.275 e. The fraction of sp³-hybridized carbons (Fsp3) is 0. The van der Waals surface area contributed by atoms with Gasteiger partial charge in [0, 0.05) is 10.6 Å². The first-order valence-electron chi connectivity index (χ1n) is 5.36. The monoisotopic (exact) mass is 334 g/mol. The number of nitrogens with zero attached hydrogens (tertiary/aromatic N) is 1. The van der Waals surface area contributed by atoms with Gasteiger partial charge in [0.1, 0.15) is 11.6 Å². The van der Waals surface area contributed by atoms with Gasteiger partial charge < -0.3 is 0 Å². The van der Waals surface area contributed by atoms with Crippen molar-refractivity contribution in [3.05, 3.63) is 62.6 Å². The molecule has 2 aromatic rings. The second-order valence-electron chi connectivity index (χ2n) is 3.78. The van der Waals surface area contributed by atoms with Crippen LogP contribution in [-0.4, -0.2) is 6.21 Å². The molecule has 0 saturated carbocycles. The van der Waals surface area contributed by atoms with E-state index in [-0.39, 0.29) is 15.6 Å². The molecule has 0 aromatic heterocycles. The van der Waals surface area contributed by atoms with E-state index in [0.717, 1.165) is 24.4 Å². The molecule has 0 aliphatic rings. The zero-order valence-electron chi connectivity index (χ0n) is 9.80. The molecule has 0 aliphatic heterocycles. The minimum atomic E-state index is -0.592. The van der Waals surface area contributed by atoms with Gasteiger partial charge in [-0.2, -0.15) is 5.10 Å². The normalized spacial score (nSPS) is 11.1. The smallest absolute Gasteiger partial charge is 0.132 e. The Hall–Kier alpha value is -1.36. The van der Waals surface area contributed by atoms with Crippen molar-refractivity contribution in [3.63, 3.8) is 0 Å². The molecular weight excluding hydrogens is 329 g/mol. The molecule has 7 heteroatoms. The van der Waals surface area contributed by atoms with Crippen molar-refractivity contribution in [3.8, 4) is 0 Å². The summed E-state index contributed by atoms with van der Waals surface area (Å²) in [4.78, 5) is 0. The summed E-state index contributed by atoms with van der Waals surface area (Å²) in [7, 11) is 0. The van der Waals surface area contributed by atoms with Crippen LogP contribution in [0.5, 0.6) is 0 Å². The van der Waals surface area contributed by atoms with E-state index >= 15 is 0 Å². The van der Waals surface area contributed by atoms with Crippen LogP contribution < -0.4 is 5.43 Å². The Balaban J connectivity index is 2.20. The molecule has 0 amide bonds. The Labute approximate surface area is 129 Å². The Morgan fingerprint density at radius 2 is 1.65 bits per heavy atom. The van der Waals surface area contributed by atoms with Crippen LogP contribution in [0.3, 0.4) is 0 Å². The van der Waals surface area contributed by atoms with Gasteiger partial charge in [-0.1, -0.05) is 34.8 Å². The molecular formula is C13H7Cl3F2N2. The molecule has 0 bridgehead atoms. The van der Waals surface area contributed by atoms with Crippen LogP contribution in [0.25, 0.3) is 0 Å². The van der Waals surface area contributed by atoms with Crippen molar-refractivity contribution in [1.82, 2.24) is 0 Å². The number of benzene rings is 2. The Bertz CT molecular complexity index is 652. The highest BCUT2D eigenvalue weighted by Gasteiger charge is 2.07. The molecule has 1 N–H and O–H groups in total. The average Bonchev–Trinajstić information content (AvgIpc) is 2.36. The molecule has 2 aromatic carbocycles. The lowest BCUT2D eigenvalue weighted by molar-refractivity contribution is 0.598. The number of hydrogen-bond donors (Lipinski definition) is 1. The third kappa shape index (κ3) is 3.60. The lowest BCUT2D eigenvalue weighted by atomic mass is 10.2. The van der Waals surface area contributed by atoms with E-state index in [9.17, 15) is 8.78 Å². The summed E-state index contributed by atoms with van der Waals surface area (Å²) in [6.45, 7) is 0. The van der Waals surface area contributed by atoms with E-state index in [2.05, 4.69) is 10.5 Å². The minimum absolute atomic E-state index is 0.00120. The molecule has 20 heavy (non-hydrogen) atoms. The summed E-state index contributed by atoms with van der Waals surface area (Å²) in [6, 6.07) is 6.02. The van der Waals surface area contributed by atoms with E-state index in [1.54, 1.807) is 0 Å². The van der Waals surface area contributed by atoms with E-state index < -0.39 is 11.6 Å². The summed E-state index contributed by atoms with van der Waals surface area (Å²) in [5.74, 6) is -1.15. The Morgan fingerprint density at radius 1 is 1.00 bits per heavy atom. The summed E-state index contributed by atoms with van der Waals surface area (Å²) >= 11 is 17.6. The second kappa shape index (κ2) is 6.39. The van der Waals surface area contributed by atoms with Crippen molar-refractivity contribution in [2.75, 3.05) is 5.43 Å². The highest BCUT2D eigenvalue weighted by molar-refractivity contribution is 6.41. The van der Waals surface area contributed by atoms with Crippen molar-refractivity contribution in [2.24, 2.45) is 5.10 Å². The lowest BCUT2D eigenvalue weighted by Gasteiger charge is -2.06. The second-order valence-corrected chi connectivity index (χ2v) is 5.03. The standard InChI is InChI=1S/C13H7Cl3F2N2/c14-8-4-10(15)13(11(16)5-8)20-19-6-7-3-9(17)1-2-12(7)18/h1-6,20H. The van der Waals surface area contributed by atoms with Crippen LogP contribution in [0.15, 0.2) is 35.4 Å². The molecule has 2 rings (SSSR count). The number of halogens is 5. The molecule has 0 aliphatic carbocycles. The molecule has 0 heterocycles. The van der Waals surface area contributed by atoms with Crippen LogP contribution in [0.4, 0.5) is 14.5 Å². The Kier molecular flexibility index (Phi) is 4.81. The number of nitrogens with one attached hydrogen (secondary N) is 1. The zero-order chi connectivity index (χ0) is 14.7. The van der Waals surface area contributed by atoms with Crippen molar-refractivity contribution < 1.29 is 8.78 Å². The van der Waals surface area contributed by atoms with Gasteiger partial charge >= 0.3 is 0 Å². The first-order chi connectivity index (χ1) is 9.47. The van der Waals surface area contributed by atoms with Gasteiger partial charge in [0.15, 0.2) is 0 Å². The summed E-state index contributed by atoms with van der Waals surface area (Å²) in [6.07, 6.45) is 1.12. The number of hydrazone groups is 1. The van der Waals surface area contributed by atoms with Gasteiger partial charge in [-0.05, 0) is 30.3 Å². The highest BCUT2D eigenvalue weighted by atomic mass is 35.5. The number of anilines is 1. The third-order valence-corrected chi connectivity index (χ3v) is 3.16. The molecule has 0 atom stereocenters. The van der Waals surface area contributed by atoms with Crippen LogP contribution in [-0.2, 0) is 0 Å². The zero-order valence-corrected chi connectivity index (χ0v) is 12.1. The number of hydrogen-bond acceptors (Lipinski definition) is 2. The predicted molar refractivity (Wildman–Crippen MR) is 79.0 cm³/mol. The number of rotatable bonds is 3. The summed E-state index contributed by atoms with van der Waals surface area (Å²) in [5.41, 5.74) is 2.89. The van der Waals surface area contributed by atoms with Gasteiger partial charge in [-0.15, -0.1) is 0 Å².